The lowest BCUT2D eigenvalue weighted by Crippen LogP contribution is -2.05. The number of ether oxygens (including phenoxy) is 1. The molecule has 0 fully saturated rings. The molecule has 0 amide bonds. The maximum atomic E-state index is 5.66. The van der Waals surface area contributed by atoms with Gasteiger partial charge in [-0.1, -0.05) is 31.5 Å². The van der Waals surface area contributed by atoms with Crippen LogP contribution in [0.3, 0.4) is 0 Å². The summed E-state index contributed by atoms with van der Waals surface area (Å²) in [5.74, 6) is 0. The van der Waals surface area contributed by atoms with Crippen LogP contribution >= 0.6 is 0 Å². The zero-order chi connectivity index (χ0) is 11.0. The number of nitrogens with one attached hydrogen (secondary N) is 1. The Kier molecular flexibility index (Phi) is 2.21. The fourth-order valence-corrected chi connectivity index (χ4v) is 2.36. The van der Waals surface area contributed by atoms with Gasteiger partial charge in [-0.2, -0.15) is 0 Å². The van der Waals surface area contributed by atoms with Crippen molar-refractivity contribution < 1.29 is 4.74 Å². The molecule has 0 saturated carbocycles. The Hall–Kier alpha value is -1.70. The molecule has 1 N–H and O–H groups in total. The fraction of sp³-hybridized carbons (Fsp3) is 0.286. The highest BCUT2D eigenvalue weighted by Gasteiger charge is 2.21. The Balaban J connectivity index is 2.18. The number of hydrogen-bond acceptors (Lipinski definition) is 1. The van der Waals surface area contributed by atoms with Gasteiger partial charge in [0.05, 0.1) is 12.0 Å². The van der Waals surface area contributed by atoms with Crippen molar-refractivity contribution in [1.82, 2.24) is 4.98 Å². The number of rotatable bonds is 2. The molecule has 2 heteroatoms. The van der Waals surface area contributed by atoms with Gasteiger partial charge in [-0.05, 0) is 18.6 Å². The van der Waals surface area contributed by atoms with E-state index >= 15 is 0 Å². The Morgan fingerprint density at radius 3 is 3.06 bits per heavy atom. The normalized spacial score (nSPS) is 18.4. The second kappa shape index (κ2) is 3.71. The van der Waals surface area contributed by atoms with Crippen LogP contribution in [-0.4, -0.2) is 4.98 Å². The topological polar surface area (TPSA) is 25.0 Å². The third-order valence-electron chi connectivity index (χ3n) is 3.13. The van der Waals surface area contributed by atoms with Gasteiger partial charge in [0.2, 0.25) is 0 Å². The van der Waals surface area contributed by atoms with Gasteiger partial charge >= 0.3 is 0 Å². The lowest BCUT2D eigenvalue weighted by atomic mass is 10.0. The highest BCUT2D eigenvalue weighted by atomic mass is 16.5. The van der Waals surface area contributed by atoms with Gasteiger partial charge in [0.25, 0.3) is 0 Å². The summed E-state index contributed by atoms with van der Waals surface area (Å²) >= 11 is 0. The van der Waals surface area contributed by atoms with Crippen LogP contribution < -0.4 is 0 Å². The van der Waals surface area contributed by atoms with Crippen molar-refractivity contribution >= 4 is 17.0 Å². The van der Waals surface area contributed by atoms with Crippen molar-refractivity contribution in [3.05, 3.63) is 41.8 Å². The molecular weight excluding hydrogens is 198 g/mol. The minimum Gasteiger partial charge on any atom is -0.492 e. The highest BCUT2D eigenvalue weighted by molar-refractivity contribution is 5.90. The molecular formula is C14H15NO. The van der Waals surface area contributed by atoms with Crippen molar-refractivity contribution in [3.8, 4) is 0 Å². The van der Waals surface area contributed by atoms with E-state index in [0.29, 0.717) is 0 Å². The summed E-state index contributed by atoms with van der Waals surface area (Å²) in [6, 6.07) is 8.41. The van der Waals surface area contributed by atoms with Gasteiger partial charge in [0.15, 0.2) is 0 Å². The van der Waals surface area contributed by atoms with Crippen LogP contribution in [0.4, 0.5) is 0 Å². The van der Waals surface area contributed by atoms with E-state index in [2.05, 4.69) is 42.2 Å². The number of aromatic nitrogens is 1. The number of para-hydroxylation sites is 1. The molecule has 1 aliphatic rings. The molecule has 1 aliphatic heterocycles. The fourth-order valence-electron chi connectivity index (χ4n) is 2.36. The third kappa shape index (κ3) is 1.33. The standard InChI is InChI=1S/C14H15NO/c1-2-5-13-14-11(8-9-16-13)10-6-3-4-7-12(10)15-14/h3-4,6-9,13,15H,2,5H2,1H3. The number of fused-ring (bicyclic) bond motifs is 3. The summed E-state index contributed by atoms with van der Waals surface area (Å²) < 4.78 is 5.66. The molecule has 0 spiro atoms. The Bertz CT molecular complexity index is 539. The molecule has 1 atom stereocenters. The zero-order valence-electron chi connectivity index (χ0n) is 9.36. The first-order chi connectivity index (χ1) is 7.90. The van der Waals surface area contributed by atoms with Crippen LogP contribution in [0.25, 0.3) is 17.0 Å². The Labute approximate surface area is 94.9 Å². The molecule has 1 unspecified atom stereocenters. The SMILES string of the molecule is CCCC1OC=Cc2c1[nH]c1ccccc21. The van der Waals surface area contributed by atoms with E-state index in [9.17, 15) is 0 Å². The van der Waals surface area contributed by atoms with E-state index in [1.165, 1.54) is 22.2 Å². The average molecular weight is 213 g/mol. The van der Waals surface area contributed by atoms with Gasteiger partial charge in [-0.15, -0.1) is 0 Å². The van der Waals surface area contributed by atoms with Gasteiger partial charge in [-0.3, -0.25) is 0 Å². The molecule has 82 valence electrons. The van der Waals surface area contributed by atoms with E-state index in [1.54, 1.807) is 0 Å². The number of H-pyrrole nitrogens is 1. The average Bonchev–Trinajstić information content (AvgIpc) is 2.69. The number of benzene rings is 1. The molecule has 3 rings (SSSR count). The minimum absolute atomic E-state index is 0.192. The first kappa shape index (κ1) is 9.52. The van der Waals surface area contributed by atoms with E-state index in [0.717, 1.165) is 12.8 Å². The van der Waals surface area contributed by atoms with E-state index in [1.807, 2.05) is 6.26 Å². The van der Waals surface area contributed by atoms with Crippen LogP contribution in [0.2, 0.25) is 0 Å². The molecule has 2 aromatic rings. The lowest BCUT2D eigenvalue weighted by Gasteiger charge is -2.19. The van der Waals surface area contributed by atoms with Gasteiger partial charge in [0, 0.05) is 16.5 Å². The van der Waals surface area contributed by atoms with Crippen LogP contribution in [0.1, 0.15) is 37.1 Å². The molecule has 1 aromatic carbocycles. The molecule has 2 nitrogen and oxygen atoms in total. The molecule has 2 heterocycles. The minimum atomic E-state index is 0.192. The van der Waals surface area contributed by atoms with Crippen LogP contribution in [-0.2, 0) is 4.74 Å². The third-order valence-corrected chi connectivity index (χ3v) is 3.13. The summed E-state index contributed by atoms with van der Waals surface area (Å²) in [7, 11) is 0. The Morgan fingerprint density at radius 2 is 2.19 bits per heavy atom. The molecule has 0 bridgehead atoms. The zero-order valence-corrected chi connectivity index (χ0v) is 9.36. The molecule has 0 aliphatic carbocycles. The van der Waals surface area contributed by atoms with E-state index in [-0.39, 0.29) is 6.10 Å². The van der Waals surface area contributed by atoms with Gasteiger partial charge < -0.3 is 9.72 Å². The van der Waals surface area contributed by atoms with Crippen molar-refractivity contribution in [2.24, 2.45) is 0 Å². The van der Waals surface area contributed by atoms with E-state index < -0.39 is 0 Å². The highest BCUT2D eigenvalue weighted by Crippen LogP contribution is 2.35. The van der Waals surface area contributed by atoms with Crippen LogP contribution in [0, 0.1) is 0 Å². The van der Waals surface area contributed by atoms with Crippen molar-refractivity contribution in [1.29, 1.82) is 0 Å². The Morgan fingerprint density at radius 1 is 1.31 bits per heavy atom. The van der Waals surface area contributed by atoms with Crippen molar-refractivity contribution in [2.75, 3.05) is 0 Å². The summed E-state index contributed by atoms with van der Waals surface area (Å²) in [4.78, 5) is 3.47. The quantitative estimate of drug-likeness (QED) is 0.801. The summed E-state index contributed by atoms with van der Waals surface area (Å²) in [5.41, 5.74) is 3.72. The predicted molar refractivity (Wildman–Crippen MR) is 66.1 cm³/mol. The summed E-state index contributed by atoms with van der Waals surface area (Å²) in [6.45, 7) is 2.18. The van der Waals surface area contributed by atoms with Crippen molar-refractivity contribution in [3.63, 3.8) is 0 Å². The number of hydrogen-bond donors (Lipinski definition) is 1. The molecule has 0 saturated heterocycles. The van der Waals surface area contributed by atoms with Crippen LogP contribution in [0.5, 0.6) is 0 Å². The summed E-state index contributed by atoms with van der Waals surface area (Å²) in [5, 5.41) is 1.29. The lowest BCUT2D eigenvalue weighted by molar-refractivity contribution is 0.131. The van der Waals surface area contributed by atoms with Gasteiger partial charge in [-0.25, -0.2) is 0 Å². The first-order valence-electron chi connectivity index (χ1n) is 5.82. The largest absolute Gasteiger partial charge is 0.492 e. The predicted octanol–water partition coefficient (Wildman–Crippen LogP) is 4.01. The smallest absolute Gasteiger partial charge is 0.138 e. The molecule has 16 heavy (non-hydrogen) atoms. The van der Waals surface area contributed by atoms with Crippen molar-refractivity contribution in [2.45, 2.75) is 25.9 Å². The second-order valence-corrected chi connectivity index (χ2v) is 4.21. The first-order valence-corrected chi connectivity index (χ1v) is 5.82. The second-order valence-electron chi connectivity index (χ2n) is 4.21. The molecule has 1 aromatic heterocycles. The monoisotopic (exact) mass is 213 g/mol. The maximum Gasteiger partial charge on any atom is 0.138 e. The summed E-state index contributed by atoms with van der Waals surface area (Å²) in [6.07, 6.45) is 6.26. The molecule has 0 radical (unpaired) electrons. The van der Waals surface area contributed by atoms with E-state index in [4.69, 9.17) is 4.74 Å². The van der Waals surface area contributed by atoms with Gasteiger partial charge in [0.1, 0.15) is 6.10 Å². The maximum absolute atomic E-state index is 5.66. The number of aromatic amines is 1. The van der Waals surface area contributed by atoms with Crippen LogP contribution in [0.15, 0.2) is 30.5 Å².